The predicted octanol–water partition coefficient (Wildman–Crippen LogP) is 1.60. The van der Waals surface area contributed by atoms with Crippen LogP contribution in [0, 0.1) is 0 Å². The zero-order valence-electron chi connectivity index (χ0n) is 8.63. The molecule has 0 aromatic carbocycles. The van der Waals surface area contributed by atoms with Gasteiger partial charge in [-0.15, -0.1) is 0 Å². The lowest BCUT2D eigenvalue weighted by molar-refractivity contribution is 0.421. The molecule has 0 aliphatic carbocycles. The second-order valence-electron chi connectivity index (χ2n) is 4.14. The Balaban J connectivity index is 2.68. The van der Waals surface area contributed by atoms with Crippen LogP contribution in [0.1, 0.15) is 26.5 Å². The Morgan fingerprint density at radius 1 is 1.43 bits per heavy atom. The van der Waals surface area contributed by atoms with Crippen molar-refractivity contribution in [2.75, 3.05) is 5.73 Å². The van der Waals surface area contributed by atoms with E-state index in [2.05, 4.69) is 36.1 Å². The Kier molecular flexibility index (Phi) is 3.29. The lowest BCUT2D eigenvalue weighted by atomic mass is 10.1. The minimum atomic E-state index is 0.0478. The fourth-order valence-corrected chi connectivity index (χ4v) is 1.14. The van der Waals surface area contributed by atoms with Crippen molar-refractivity contribution in [1.29, 1.82) is 0 Å². The summed E-state index contributed by atoms with van der Waals surface area (Å²) in [7, 11) is 0. The molecule has 0 bridgehead atoms. The fourth-order valence-electron chi connectivity index (χ4n) is 0.930. The Morgan fingerprint density at radius 2 is 2.07 bits per heavy atom. The molecule has 0 radical (unpaired) electrons. The third-order valence-electron chi connectivity index (χ3n) is 1.57. The second kappa shape index (κ2) is 4.11. The fraction of sp³-hybridized carbons (Fsp3) is 0.556. The maximum atomic E-state index is 5.74. The first kappa shape index (κ1) is 11.2. The van der Waals surface area contributed by atoms with Crippen LogP contribution in [0.4, 0.5) is 5.95 Å². The number of halogens is 1. The topological polar surface area (TPSA) is 63.8 Å². The largest absolute Gasteiger partial charge is 0.368 e. The number of nitrogen functional groups attached to an aromatic ring is 1. The third-order valence-corrected chi connectivity index (χ3v) is 1.76. The molecule has 1 aromatic heterocycles. The van der Waals surface area contributed by atoms with Crippen molar-refractivity contribution in [3.05, 3.63) is 16.9 Å². The average molecular weight is 215 g/mol. The zero-order valence-corrected chi connectivity index (χ0v) is 9.39. The van der Waals surface area contributed by atoms with Crippen LogP contribution in [0.3, 0.4) is 0 Å². The van der Waals surface area contributed by atoms with E-state index in [1.54, 1.807) is 6.07 Å². The lowest BCUT2D eigenvalue weighted by Gasteiger charge is -2.20. The SMILES string of the molecule is CC(C)(C)NCc1cc(Cl)nc(N)n1. The summed E-state index contributed by atoms with van der Waals surface area (Å²) in [5, 5.41) is 3.67. The molecule has 1 heterocycles. The summed E-state index contributed by atoms with van der Waals surface area (Å²) in [6.45, 7) is 6.88. The molecule has 1 rings (SSSR count). The van der Waals surface area contributed by atoms with Crippen LogP contribution in [0.2, 0.25) is 5.15 Å². The predicted molar refractivity (Wildman–Crippen MR) is 58.0 cm³/mol. The van der Waals surface area contributed by atoms with E-state index in [0.29, 0.717) is 11.7 Å². The van der Waals surface area contributed by atoms with E-state index in [9.17, 15) is 0 Å². The number of nitrogens with zero attached hydrogens (tertiary/aromatic N) is 2. The van der Waals surface area contributed by atoms with E-state index in [0.717, 1.165) is 5.69 Å². The molecule has 0 amide bonds. The minimum absolute atomic E-state index is 0.0478. The Morgan fingerprint density at radius 3 is 2.57 bits per heavy atom. The Bertz CT molecular complexity index is 299. The molecule has 0 saturated heterocycles. The average Bonchev–Trinajstić information content (AvgIpc) is 1.97. The highest BCUT2D eigenvalue weighted by atomic mass is 35.5. The van der Waals surface area contributed by atoms with Gasteiger partial charge >= 0.3 is 0 Å². The summed E-state index contributed by atoms with van der Waals surface area (Å²) in [4.78, 5) is 7.84. The molecule has 0 spiro atoms. The number of aromatic nitrogens is 2. The van der Waals surface area contributed by atoms with Gasteiger partial charge in [-0.05, 0) is 26.8 Å². The highest BCUT2D eigenvalue weighted by Crippen LogP contribution is 2.09. The smallest absolute Gasteiger partial charge is 0.221 e. The van der Waals surface area contributed by atoms with Crippen LogP contribution < -0.4 is 11.1 Å². The number of hydrogen-bond donors (Lipinski definition) is 2. The van der Waals surface area contributed by atoms with Gasteiger partial charge in [-0.2, -0.15) is 0 Å². The van der Waals surface area contributed by atoms with E-state index in [1.165, 1.54) is 0 Å². The third kappa shape index (κ3) is 3.89. The van der Waals surface area contributed by atoms with Crippen molar-refractivity contribution in [2.24, 2.45) is 0 Å². The van der Waals surface area contributed by atoms with Crippen molar-refractivity contribution < 1.29 is 0 Å². The molecule has 0 aliphatic rings. The van der Waals surface area contributed by atoms with Gasteiger partial charge in [-0.25, -0.2) is 9.97 Å². The Hall–Kier alpha value is -0.870. The van der Waals surface area contributed by atoms with Gasteiger partial charge in [-0.3, -0.25) is 0 Å². The molecule has 5 heteroatoms. The summed E-state index contributed by atoms with van der Waals surface area (Å²) >= 11 is 5.74. The van der Waals surface area contributed by atoms with Crippen molar-refractivity contribution in [1.82, 2.24) is 15.3 Å². The first-order valence-electron chi connectivity index (χ1n) is 4.41. The molecule has 0 unspecified atom stereocenters. The normalized spacial score (nSPS) is 11.7. The zero-order chi connectivity index (χ0) is 10.8. The van der Waals surface area contributed by atoms with E-state index in [4.69, 9.17) is 17.3 Å². The van der Waals surface area contributed by atoms with Crippen molar-refractivity contribution >= 4 is 17.5 Å². The molecule has 1 aromatic rings. The molecular weight excluding hydrogens is 200 g/mol. The van der Waals surface area contributed by atoms with Gasteiger partial charge < -0.3 is 11.1 Å². The van der Waals surface area contributed by atoms with Crippen LogP contribution in [-0.2, 0) is 6.54 Å². The highest BCUT2D eigenvalue weighted by molar-refractivity contribution is 6.29. The lowest BCUT2D eigenvalue weighted by Crippen LogP contribution is -2.35. The molecule has 14 heavy (non-hydrogen) atoms. The molecule has 0 fully saturated rings. The number of hydrogen-bond acceptors (Lipinski definition) is 4. The number of rotatable bonds is 2. The maximum absolute atomic E-state index is 5.74. The molecule has 0 saturated carbocycles. The quantitative estimate of drug-likeness (QED) is 0.735. The molecule has 0 atom stereocenters. The molecular formula is C9H15ClN4. The van der Waals surface area contributed by atoms with Crippen LogP contribution in [0.5, 0.6) is 0 Å². The van der Waals surface area contributed by atoms with Gasteiger partial charge in [-0.1, -0.05) is 11.6 Å². The maximum Gasteiger partial charge on any atom is 0.221 e. The number of nitrogens with two attached hydrogens (primary N) is 1. The second-order valence-corrected chi connectivity index (χ2v) is 4.53. The summed E-state index contributed by atoms with van der Waals surface area (Å²) in [5.41, 5.74) is 6.32. The highest BCUT2D eigenvalue weighted by Gasteiger charge is 2.09. The van der Waals surface area contributed by atoms with Crippen LogP contribution in [0.25, 0.3) is 0 Å². The van der Waals surface area contributed by atoms with E-state index in [1.807, 2.05) is 0 Å². The monoisotopic (exact) mass is 214 g/mol. The summed E-state index contributed by atoms with van der Waals surface area (Å²) in [6.07, 6.45) is 0. The van der Waals surface area contributed by atoms with E-state index < -0.39 is 0 Å². The molecule has 3 N–H and O–H groups in total. The van der Waals surface area contributed by atoms with Crippen LogP contribution in [-0.4, -0.2) is 15.5 Å². The van der Waals surface area contributed by atoms with Gasteiger partial charge in [0.15, 0.2) is 0 Å². The summed E-state index contributed by atoms with van der Waals surface area (Å²) in [6, 6.07) is 1.71. The first-order valence-corrected chi connectivity index (χ1v) is 4.78. The summed E-state index contributed by atoms with van der Waals surface area (Å²) in [5.74, 6) is 0.211. The van der Waals surface area contributed by atoms with Crippen LogP contribution >= 0.6 is 11.6 Å². The van der Waals surface area contributed by atoms with Gasteiger partial charge in [0, 0.05) is 12.1 Å². The summed E-state index contributed by atoms with van der Waals surface area (Å²) < 4.78 is 0. The first-order chi connectivity index (χ1) is 6.37. The van der Waals surface area contributed by atoms with E-state index >= 15 is 0 Å². The standard InChI is InChI=1S/C9H15ClN4/c1-9(2,3)12-5-6-4-7(10)14-8(11)13-6/h4,12H,5H2,1-3H3,(H2,11,13,14). The Labute approximate surface area is 88.9 Å². The van der Waals surface area contributed by atoms with E-state index in [-0.39, 0.29) is 11.5 Å². The molecule has 0 aliphatic heterocycles. The van der Waals surface area contributed by atoms with Crippen LogP contribution in [0.15, 0.2) is 6.07 Å². The molecule has 78 valence electrons. The molecule has 4 nitrogen and oxygen atoms in total. The number of nitrogens with one attached hydrogen (secondary N) is 1. The van der Waals surface area contributed by atoms with Crippen molar-refractivity contribution in [2.45, 2.75) is 32.9 Å². The van der Waals surface area contributed by atoms with Gasteiger partial charge in [0.1, 0.15) is 5.15 Å². The van der Waals surface area contributed by atoms with Gasteiger partial charge in [0.25, 0.3) is 0 Å². The minimum Gasteiger partial charge on any atom is -0.368 e. The van der Waals surface area contributed by atoms with Gasteiger partial charge in [0.05, 0.1) is 5.69 Å². The van der Waals surface area contributed by atoms with Gasteiger partial charge in [0.2, 0.25) is 5.95 Å². The van der Waals surface area contributed by atoms with Crippen molar-refractivity contribution in [3.8, 4) is 0 Å². The van der Waals surface area contributed by atoms with Crippen molar-refractivity contribution in [3.63, 3.8) is 0 Å². The number of anilines is 1.